The highest BCUT2D eigenvalue weighted by molar-refractivity contribution is 5.66. The van der Waals surface area contributed by atoms with Crippen LogP contribution in [0.4, 0.5) is 0 Å². The van der Waals surface area contributed by atoms with E-state index in [9.17, 15) is 0 Å². The molecule has 0 atom stereocenters. The average molecular weight is 629 g/mol. The second-order valence-electron chi connectivity index (χ2n) is 14.7. The molecule has 7 heteroatoms. The Morgan fingerprint density at radius 2 is 1.32 bits per heavy atom. The van der Waals surface area contributed by atoms with Gasteiger partial charge in [0.2, 0.25) is 5.89 Å². The molecule has 47 heavy (non-hydrogen) atoms. The minimum Gasteiger partial charge on any atom is -0.445 e. The number of hydrogen-bond acceptors (Lipinski definition) is 6. The molecule has 0 unspecified atom stereocenters. The van der Waals surface area contributed by atoms with Crippen molar-refractivity contribution >= 4 is 0 Å². The summed E-state index contributed by atoms with van der Waals surface area (Å²) in [5.74, 6) is 0.711. The molecule has 0 saturated carbocycles. The van der Waals surface area contributed by atoms with Crippen LogP contribution in [0.25, 0.3) is 28.4 Å². The van der Waals surface area contributed by atoms with Crippen molar-refractivity contribution in [1.82, 2.24) is 30.2 Å². The van der Waals surface area contributed by atoms with Crippen molar-refractivity contribution in [3.05, 3.63) is 132 Å². The lowest BCUT2D eigenvalue weighted by Gasteiger charge is -2.22. The minimum absolute atomic E-state index is 0.0931. The third-order valence-corrected chi connectivity index (χ3v) is 7.73. The van der Waals surface area contributed by atoms with Gasteiger partial charge in [-0.3, -0.25) is 4.98 Å². The molecule has 0 radical (unpaired) electrons. The largest absolute Gasteiger partial charge is 0.445 e. The van der Waals surface area contributed by atoms with Gasteiger partial charge in [0, 0.05) is 17.3 Å². The first kappa shape index (κ1) is 35.0. The average Bonchev–Trinajstić information content (AvgIpc) is 3.77. The fourth-order valence-corrected chi connectivity index (χ4v) is 5.20. The zero-order chi connectivity index (χ0) is 34.2. The zero-order valence-electron chi connectivity index (χ0n) is 29.5. The summed E-state index contributed by atoms with van der Waals surface area (Å²) in [6, 6.07) is 29.1. The molecular formula is C40H48N6O. The van der Waals surface area contributed by atoms with E-state index in [1.807, 2.05) is 30.5 Å². The van der Waals surface area contributed by atoms with Crippen LogP contribution in [0.15, 0.2) is 114 Å². The molecule has 3 aromatic heterocycles. The summed E-state index contributed by atoms with van der Waals surface area (Å²) in [4.78, 5) is 8.68. The molecule has 0 spiro atoms. The first-order chi connectivity index (χ1) is 22.2. The Kier molecular flexibility index (Phi) is 10.9. The number of benzene rings is 3. The van der Waals surface area contributed by atoms with Crippen LogP contribution in [0.5, 0.6) is 0 Å². The van der Waals surface area contributed by atoms with Crippen LogP contribution in [0, 0.1) is 6.92 Å². The van der Waals surface area contributed by atoms with Crippen molar-refractivity contribution in [3.8, 4) is 28.4 Å². The van der Waals surface area contributed by atoms with Gasteiger partial charge in [-0.05, 0) is 80.1 Å². The van der Waals surface area contributed by atoms with Crippen LogP contribution in [0.2, 0.25) is 0 Å². The van der Waals surface area contributed by atoms with Gasteiger partial charge in [0.1, 0.15) is 12.6 Å². The predicted molar refractivity (Wildman–Crippen MR) is 192 cm³/mol. The van der Waals surface area contributed by atoms with Gasteiger partial charge in [0.15, 0.2) is 0 Å². The second kappa shape index (κ2) is 14.7. The van der Waals surface area contributed by atoms with Gasteiger partial charge < -0.3 is 4.42 Å². The summed E-state index contributed by atoms with van der Waals surface area (Å²) in [6.45, 7) is 22.0. The Labute approximate surface area is 280 Å². The first-order valence-electron chi connectivity index (χ1n) is 16.0. The Morgan fingerprint density at radius 1 is 0.638 bits per heavy atom. The highest BCUT2D eigenvalue weighted by Gasteiger charge is 2.22. The topological polar surface area (TPSA) is 82.5 Å². The van der Waals surface area contributed by atoms with Gasteiger partial charge in [-0.25, -0.2) is 9.67 Å². The normalized spacial score (nSPS) is 11.6. The molecule has 0 bridgehead atoms. The van der Waals surface area contributed by atoms with E-state index in [1.165, 1.54) is 27.8 Å². The molecule has 0 amide bonds. The number of rotatable bonds is 3. The lowest BCUT2D eigenvalue weighted by atomic mass is 9.82. The van der Waals surface area contributed by atoms with Crippen LogP contribution in [-0.2, 0) is 16.2 Å². The fourth-order valence-electron chi connectivity index (χ4n) is 5.20. The van der Waals surface area contributed by atoms with E-state index in [1.54, 1.807) is 23.5 Å². The molecule has 244 valence electrons. The number of oxazole rings is 1. The molecule has 6 rings (SSSR count). The molecule has 6 aromatic rings. The molecule has 3 aromatic carbocycles. The maximum atomic E-state index is 5.43. The molecule has 0 saturated heterocycles. The maximum Gasteiger partial charge on any atom is 0.226 e. The third-order valence-electron chi connectivity index (χ3n) is 7.73. The maximum absolute atomic E-state index is 5.43. The van der Waals surface area contributed by atoms with Crippen LogP contribution in [0.1, 0.15) is 84.6 Å². The standard InChI is InChI=1S/C15H17N.C14H17NO.C11H14N4/c1-15(2,3)13-9-5-4-8-12(13)14-10-6-7-11-16-14;1-10-6-5-7-11(14(2,3)4)12(10)13-15-8-9-16-13;1-11(2,3)9-5-4-6-10(7-9)15-8-12-13-14-15/h4-11H,1-3H3;5-9H,1-4H3;4-8H,1-3H3. The Morgan fingerprint density at radius 3 is 1.91 bits per heavy atom. The van der Waals surface area contributed by atoms with Crippen molar-refractivity contribution in [1.29, 1.82) is 0 Å². The summed E-state index contributed by atoms with van der Waals surface area (Å²) >= 11 is 0. The molecule has 0 aliphatic carbocycles. The molecule has 0 aliphatic rings. The number of aryl methyl sites for hydroxylation is 1. The van der Waals surface area contributed by atoms with Crippen molar-refractivity contribution in [3.63, 3.8) is 0 Å². The highest BCUT2D eigenvalue weighted by atomic mass is 16.3. The molecule has 0 aliphatic heterocycles. The molecule has 3 heterocycles. The van der Waals surface area contributed by atoms with E-state index in [4.69, 9.17) is 4.42 Å². The van der Waals surface area contributed by atoms with Crippen LogP contribution in [-0.4, -0.2) is 30.2 Å². The summed E-state index contributed by atoms with van der Waals surface area (Å²) in [6.07, 6.45) is 6.75. The van der Waals surface area contributed by atoms with Crippen LogP contribution in [0.3, 0.4) is 0 Å². The zero-order valence-corrected chi connectivity index (χ0v) is 29.5. The van der Waals surface area contributed by atoms with Crippen molar-refractivity contribution in [2.45, 2.75) is 85.5 Å². The lowest BCUT2D eigenvalue weighted by molar-refractivity contribution is 0.559. The highest BCUT2D eigenvalue weighted by Crippen LogP contribution is 2.34. The third kappa shape index (κ3) is 9.32. The van der Waals surface area contributed by atoms with Crippen molar-refractivity contribution in [2.24, 2.45) is 0 Å². The summed E-state index contributed by atoms with van der Waals surface area (Å²) in [7, 11) is 0. The molecule has 0 fully saturated rings. The van der Waals surface area contributed by atoms with E-state index in [2.05, 4.69) is 155 Å². The van der Waals surface area contributed by atoms with Gasteiger partial charge in [0.25, 0.3) is 0 Å². The lowest BCUT2D eigenvalue weighted by Crippen LogP contribution is -2.13. The smallest absolute Gasteiger partial charge is 0.226 e. The predicted octanol–water partition coefficient (Wildman–Crippen LogP) is 9.95. The van der Waals surface area contributed by atoms with Gasteiger partial charge in [0.05, 0.1) is 17.6 Å². The van der Waals surface area contributed by atoms with E-state index in [0.717, 1.165) is 16.9 Å². The summed E-state index contributed by atoms with van der Waals surface area (Å²) in [5.41, 5.74) is 9.87. The van der Waals surface area contributed by atoms with Gasteiger partial charge >= 0.3 is 0 Å². The van der Waals surface area contributed by atoms with E-state index < -0.39 is 0 Å². The van der Waals surface area contributed by atoms with E-state index in [-0.39, 0.29) is 16.2 Å². The number of pyridine rings is 1. The first-order valence-corrected chi connectivity index (χ1v) is 16.0. The summed E-state index contributed by atoms with van der Waals surface area (Å²) < 4.78 is 7.09. The number of aromatic nitrogens is 6. The molecule has 7 nitrogen and oxygen atoms in total. The quantitative estimate of drug-likeness (QED) is 0.194. The molecular weight excluding hydrogens is 580 g/mol. The second-order valence-corrected chi connectivity index (χ2v) is 14.7. The van der Waals surface area contributed by atoms with Crippen molar-refractivity contribution in [2.75, 3.05) is 0 Å². The molecule has 0 N–H and O–H groups in total. The van der Waals surface area contributed by atoms with Crippen LogP contribution < -0.4 is 0 Å². The Bertz CT molecular complexity index is 1820. The van der Waals surface area contributed by atoms with E-state index in [0.29, 0.717) is 5.89 Å². The monoisotopic (exact) mass is 628 g/mol. The van der Waals surface area contributed by atoms with Crippen molar-refractivity contribution < 1.29 is 4.42 Å². The number of hydrogen-bond donors (Lipinski definition) is 0. The fraction of sp³-hybridized carbons (Fsp3) is 0.325. The summed E-state index contributed by atoms with van der Waals surface area (Å²) in [5, 5.41) is 11.1. The SMILES string of the molecule is CC(C)(C)c1cccc(-n2cnnn2)c1.CC(C)(C)c1ccccc1-c1ccccn1.Cc1cccc(C(C)(C)C)c1-c1ncco1. The number of tetrazole rings is 1. The Balaban J connectivity index is 0.000000160. The number of nitrogens with zero attached hydrogens (tertiary/aromatic N) is 6. The van der Waals surface area contributed by atoms with Gasteiger partial charge in [-0.2, -0.15) is 0 Å². The van der Waals surface area contributed by atoms with E-state index >= 15 is 0 Å². The Hall–Kier alpha value is -4.91. The van der Waals surface area contributed by atoms with Crippen LogP contribution >= 0.6 is 0 Å². The van der Waals surface area contributed by atoms with Gasteiger partial charge in [-0.15, -0.1) is 5.10 Å². The van der Waals surface area contributed by atoms with Gasteiger partial charge in [-0.1, -0.05) is 123 Å². The minimum atomic E-state index is 0.0931.